The number of Topliss-reactive ketones (excluding diaryl/α,β-unsaturated/α-hetero) is 1. The SMILES string of the molecule is C/C(=C\Cc1c(O)c(Cl)c(C)c(C=O)c1O)[C@H](O)C[C@]1(C)[C@@H](C)CCC(=O)[C@@H]1C. The van der Waals surface area contributed by atoms with E-state index in [1.807, 2.05) is 6.92 Å². The number of phenolic OH excluding ortho intramolecular Hbond substituents is 2. The van der Waals surface area contributed by atoms with Crippen LogP contribution in [0.25, 0.3) is 0 Å². The molecule has 0 aromatic heterocycles. The lowest BCUT2D eigenvalue weighted by molar-refractivity contribution is -0.133. The highest BCUT2D eigenvalue weighted by atomic mass is 35.5. The van der Waals surface area contributed by atoms with Crippen LogP contribution in [0.5, 0.6) is 11.5 Å². The number of benzene rings is 1. The molecule has 1 aromatic rings. The highest BCUT2D eigenvalue weighted by Crippen LogP contribution is 2.47. The molecule has 0 spiro atoms. The fourth-order valence-electron chi connectivity index (χ4n) is 4.27. The molecule has 4 atom stereocenters. The van der Waals surface area contributed by atoms with Gasteiger partial charge < -0.3 is 15.3 Å². The third kappa shape index (κ3) is 4.36. The molecule has 160 valence electrons. The highest BCUT2D eigenvalue weighted by molar-refractivity contribution is 6.33. The van der Waals surface area contributed by atoms with E-state index in [9.17, 15) is 24.9 Å². The number of hydrogen-bond acceptors (Lipinski definition) is 5. The van der Waals surface area contributed by atoms with Crippen LogP contribution in [-0.2, 0) is 11.2 Å². The summed E-state index contributed by atoms with van der Waals surface area (Å²) in [7, 11) is 0. The van der Waals surface area contributed by atoms with Gasteiger partial charge >= 0.3 is 0 Å². The fourth-order valence-corrected chi connectivity index (χ4v) is 4.49. The number of phenols is 2. The van der Waals surface area contributed by atoms with Crippen molar-refractivity contribution in [1.82, 2.24) is 0 Å². The Morgan fingerprint density at radius 3 is 2.52 bits per heavy atom. The summed E-state index contributed by atoms with van der Waals surface area (Å²) in [6.45, 7) is 9.45. The molecule has 0 unspecified atom stereocenters. The van der Waals surface area contributed by atoms with Gasteiger partial charge in [-0.2, -0.15) is 0 Å². The summed E-state index contributed by atoms with van der Waals surface area (Å²) in [6.07, 6.45) is 3.45. The number of aliphatic hydroxyl groups is 1. The number of carbonyl (C=O) groups is 2. The van der Waals surface area contributed by atoms with Crippen molar-refractivity contribution < 1.29 is 24.9 Å². The van der Waals surface area contributed by atoms with Crippen LogP contribution in [0.2, 0.25) is 5.02 Å². The Labute approximate surface area is 177 Å². The third-order valence-corrected chi connectivity index (χ3v) is 7.56. The molecule has 0 radical (unpaired) electrons. The van der Waals surface area contributed by atoms with Crippen molar-refractivity contribution >= 4 is 23.7 Å². The molecule has 1 aliphatic carbocycles. The average molecular weight is 423 g/mol. The zero-order valence-corrected chi connectivity index (χ0v) is 18.5. The van der Waals surface area contributed by atoms with Crippen molar-refractivity contribution in [3.63, 3.8) is 0 Å². The second-order valence-corrected chi connectivity index (χ2v) is 9.03. The first kappa shape index (κ1) is 23.4. The Kier molecular flexibility index (Phi) is 7.18. The third-order valence-electron chi connectivity index (χ3n) is 7.09. The number of aromatic hydroxyl groups is 2. The van der Waals surface area contributed by atoms with E-state index in [2.05, 4.69) is 13.8 Å². The summed E-state index contributed by atoms with van der Waals surface area (Å²) >= 11 is 6.09. The van der Waals surface area contributed by atoms with Gasteiger partial charge in [0.15, 0.2) is 6.29 Å². The molecular formula is C23H31ClO5. The van der Waals surface area contributed by atoms with Gasteiger partial charge in [-0.1, -0.05) is 38.4 Å². The Bertz CT molecular complexity index is 844. The molecular weight excluding hydrogens is 392 g/mol. The molecule has 6 heteroatoms. The lowest BCUT2D eigenvalue weighted by Crippen LogP contribution is -2.43. The molecule has 2 rings (SSSR count). The van der Waals surface area contributed by atoms with E-state index in [1.54, 1.807) is 19.9 Å². The maximum absolute atomic E-state index is 12.2. The lowest BCUT2D eigenvalue weighted by atomic mass is 9.59. The van der Waals surface area contributed by atoms with Crippen LogP contribution in [0.1, 0.15) is 68.4 Å². The topological polar surface area (TPSA) is 94.8 Å². The highest BCUT2D eigenvalue weighted by Gasteiger charge is 2.44. The summed E-state index contributed by atoms with van der Waals surface area (Å²) in [5, 5.41) is 31.5. The first-order chi connectivity index (χ1) is 13.5. The molecule has 29 heavy (non-hydrogen) atoms. The predicted molar refractivity (Wildman–Crippen MR) is 114 cm³/mol. The molecule has 0 bridgehead atoms. The van der Waals surface area contributed by atoms with Crippen molar-refractivity contribution in [2.24, 2.45) is 17.3 Å². The van der Waals surface area contributed by atoms with Gasteiger partial charge in [0.2, 0.25) is 0 Å². The number of rotatable bonds is 6. The normalized spacial score (nSPS) is 26.4. The van der Waals surface area contributed by atoms with Gasteiger partial charge in [0, 0.05) is 17.9 Å². The van der Waals surface area contributed by atoms with E-state index in [0.29, 0.717) is 36.2 Å². The number of allylic oxidation sites excluding steroid dienone is 1. The predicted octanol–water partition coefficient (Wildman–Crippen LogP) is 4.75. The first-order valence-electron chi connectivity index (χ1n) is 10.0. The number of ketones is 1. The van der Waals surface area contributed by atoms with Crippen LogP contribution in [0.15, 0.2) is 11.6 Å². The Hall–Kier alpha value is -1.85. The molecule has 1 saturated carbocycles. The summed E-state index contributed by atoms with van der Waals surface area (Å²) in [6, 6.07) is 0. The molecule has 0 saturated heterocycles. The molecule has 0 aliphatic heterocycles. The summed E-state index contributed by atoms with van der Waals surface area (Å²) in [4.78, 5) is 23.5. The van der Waals surface area contributed by atoms with Crippen molar-refractivity contribution in [2.75, 3.05) is 0 Å². The smallest absolute Gasteiger partial charge is 0.154 e. The molecule has 1 aliphatic rings. The van der Waals surface area contributed by atoms with Crippen LogP contribution in [-0.4, -0.2) is 33.5 Å². The van der Waals surface area contributed by atoms with E-state index in [1.165, 1.54) is 0 Å². The molecule has 1 aromatic carbocycles. The van der Waals surface area contributed by atoms with Crippen LogP contribution in [0.3, 0.4) is 0 Å². The quantitative estimate of drug-likeness (QED) is 0.454. The van der Waals surface area contributed by atoms with Crippen LogP contribution < -0.4 is 0 Å². The van der Waals surface area contributed by atoms with Crippen molar-refractivity contribution in [3.05, 3.63) is 33.4 Å². The van der Waals surface area contributed by atoms with Crippen molar-refractivity contribution in [3.8, 4) is 11.5 Å². The number of hydrogen-bond donors (Lipinski definition) is 3. The molecule has 0 amide bonds. The van der Waals surface area contributed by atoms with Crippen molar-refractivity contribution in [1.29, 1.82) is 0 Å². The first-order valence-corrected chi connectivity index (χ1v) is 10.4. The largest absolute Gasteiger partial charge is 0.507 e. The Morgan fingerprint density at radius 2 is 1.93 bits per heavy atom. The molecule has 0 heterocycles. The second kappa shape index (κ2) is 8.88. The van der Waals surface area contributed by atoms with Crippen molar-refractivity contribution in [2.45, 2.75) is 66.4 Å². The summed E-state index contributed by atoms with van der Waals surface area (Å²) in [5.41, 5.74) is 0.887. The van der Waals surface area contributed by atoms with E-state index < -0.39 is 6.10 Å². The number of aldehydes is 1. The fraction of sp³-hybridized carbons (Fsp3) is 0.565. The minimum absolute atomic E-state index is 0.0300. The maximum Gasteiger partial charge on any atom is 0.154 e. The molecule has 3 N–H and O–H groups in total. The van der Waals surface area contributed by atoms with E-state index in [0.717, 1.165) is 6.42 Å². The average Bonchev–Trinajstić information content (AvgIpc) is 2.68. The number of carbonyl (C=O) groups excluding carboxylic acids is 2. The maximum atomic E-state index is 12.2. The van der Waals surface area contributed by atoms with Gasteiger partial charge in [-0.15, -0.1) is 0 Å². The standard InChI is InChI=1S/C23H31ClO5/c1-12(19(27)10-23(5)13(2)7-9-18(26)15(23)4)6-8-16-21(28)17(11-25)14(3)20(24)22(16)29/h6,11,13,15,19,27-29H,7-10H2,1-5H3/b12-6+/t13-,15-,19+,23+/m0/s1. The van der Waals surface area contributed by atoms with Crippen LogP contribution >= 0.6 is 11.6 Å². The second-order valence-electron chi connectivity index (χ2n) is 8.65. The Balaban J connectivity index is 2.25. The monoisotopic (exact) mass is 422 g/mol. The van der Waals surface area contributed by atoms with Gasteiger partial charge in [-0.3, -0.25) is 9.59 Å². The summed E-state index contributed by atoms with van der Waals surface area (Å²) < 4.78 is 0. The summed E-state index contributed by atoms with van der Waals surface area (Å²) in [5.74, 6) is -0.127. The van der Waals surface area contributed by atoms with Crippen LogP contribution in [0, 0.1) is 24.2 Å². The van der Waals surface area contributed by atoms with Gasteiger partial charge in [0.25, 0.3) is 0 Å². The van der Waals surface area contributed by atoms with Gasteiger partial charge in [-0.25, -0.2) is 0 Å². The van der Waals surface area contributed by atoms with E-state index in [4.69, 9.17) is 11.6 Å². The van der Waals surface area contributed by atoms with E-state index in [-0.39, 0.29) is 51.2 Å². The lowest BCUT2D eigenvalue weighted by Gasteiger charge is -2.45. The minimum Gasteiger partial charge on any atom is -0.507 e. The number of halogens is 1. The van der Waals surface area contributed by atoms with Gasteiger partial charge in [0.1, 0.15) is 17.3 Å². The zero-order valence-electron chi connectivity index (χ0n) is 17.8. The molecule has 1 fully saturated rings. The van der Waals surface area contributed by atoms with E-state index >= 15 is 0 Å². The minimum atomic E-state index is -0.758. The van der Waals surface area contributed by atoms with Crippen LogP contribution in [0.4, 0.5) is 0 Å². The van der Waals surface area contributed by atoms with Gasteiger partial charge in [0.05, 0.1) is 16.7 Å². The van der Waals surface area contributed by atoms with Gasteiger partial charge in [-0.05, 0) is 55.6 Å². The Morgan fingerprint density at radius 1 is 1.31 bits per heavy atom. The number of aliphatic hydroxyl groups excluding tert-OH is 1. The molecule has 5 nitrogen and oxygen atoms in total. The zero-order chi connectivity index (χ0) is 22.1.